The number of alkyl halides is 3. The summed E-state index contributed by atoms with van der Waals surface area (Å²) < 4.78 is 48.1. The molecule has 5 nitrogen and oxygen atoms in total. The van der Waals surface area contributed by atoms with Crippen molar-refractivity contribution in [3.8, 4) is 0 Å². The Kier molecular flexibility index (Phi) is 5.87. The minimum absolute atomic E-state index is 0.0161. The predicted molar refractivity (Wildman–Crippen MR) is 63.2 cm³/mol. The standard InChI is InChI=1S/C12H15F3N2O3/c1-3-20-11(18)8-7-16-9(5-4-6-19-2)17-10(8)12(13,14)15/h7H,3-6H2,1-2H3. The van der Waals surface area contributed by atoms with Gasteiger partial charge in [0.15, 0.2) is 5.69 Å². The van der Waals surface area contributed by atoms with Gasteiger partial charge in [-0.25, -0.2) is 14.8 Å². The maximum atomic E-state index is 12.9. The average Bonchev–Trinajstić information content (AvgIpc) is 2.38. The lowest BCUT2D eigenvalue weighted by Crippen LogP contribution is -2.19. The molecule has 0 spiro atoms. The molecule has 0 unspecified atom stereocenters. The van der Waals surface area contributed by atoms with E-state index in [1.165, 1.54) is 14.0 Å². The molecule has 8 heteroatoms. The van der Waals surface area contributed by atoms with Crippen LogP contribution in [0.4, 0.5) is 13.2 Å². The molecule has 0 saturated heterocycles. The Balaban J connectivity index is 3.04. The molecule has 0 N–H and O–H groups in total. The van der Waals surface area contributed by atoms with Gasteiger partial charge in [0, 0.05) is 26.3 Å². The summed E-state index contributed by atoms with van der Waals surface area (Å²) in [4.78, 5) is 18.6. The van der Waals surface area contributed by atoms with Crippen molar-refractivity contribution in [2.45, 2.75) is 25.9 Å². The lowest BCUT2D eigenvalue weighted by molar-refractivity contribution is -0.142. The third-order valence-corrected chi connectivity index (χ3v) is 2.35. The highest BCUT2D eigenvalue weighted by Gasteiger charge is 2.38. The fraction of sp³-hybridized carbons (Fsp3) is 0.583. The molecule has 0 aliphatic heterocycles. The van der Waals surface area contributed by atoms with Gasteiger partial charge >= 0.3 is 12.1 Å². The lowest BCUT2D eigenvalue weighted by atomic mass is 10.2. The summed E-state index contributed by atoms with van der Waals surface area (Å²) in [6.45, 7) is 1.88. The zero-order valence-corrected chi connectivity index (χ0v) is 11.2. The summed E-state index contributed by atoms with van der Waals surface area (Å²) in [7, 11) is 1.49. The van der Waals surface area contributed by atoms with E-state index in [1.807, 2.05) is 0 Å². The molecule has 0 bridgehead atoms. The van der Waals surface area contributed by atoms with Crippen molar-refractivity contribution in [1.82, 2.24) is 9.97 Å². The van der Waals surface area contributed by atoms with Crippen LogP contribution in [0.25, 0.3) is 0 Å². The van der Waals surface area contributed by atoms with E-state index >= 15 is 0 Å². The van der Waals surface area contributed by atoms with Gasteiger partial charge < -0.3 is 9.47 Å². The van der Waals surface area contributed by atoms with Crippen LogP contribution in [0.3, 0.4) is 0 Å². The van der Waals surface area contributed by atoms with Crippen molar-refractivity contribution in [2.24, 2.45) is 0 Å². The molecule has 0 amide bonds. The Labute approximate surface area is 114 Å². The van der Waals surface area contributed by atoms with Gasteiger partial charge in [-0.05, 0) is 13.3 Å². The van der Waals surface area contributed by atoms with E-state index in [0.717, 1.165) is 6.20 Å². The second-order valence-electron chi connectivity index (χ2n) is 3.86. The molecule has 0 radical (unpaired) electrons. The number of carbonyl (C=O) groups is 1. The smallest absolute Gasteiger partial charge is 0.434 e. The molecular formula is C12H15F3N2O3. The van der Waals surface area contributed by atoms with Crippen LogP contribution in [0.15, 0.2) is 6.20 Å². The van der Waals surface area contributed by atoms with Crippen LogP contribution < -0.4 is 0 Å². The van der Waals surface area contributed by atoms with Crippen LogP contribution in [0.1, 0.15) is 35.2 Å². The number of carbonyl (C=O) groups excluding carboxylic acids is 1. The van der Waals surface area contributed by atoms with Gasteiger partial charge in [-0.3, -0.25) is 0 Å². The van der Waals surface area contributed by atoms with Crippen LogP contribution in [0.5, 0.6) is 0 Å². The number of rotatable bonds is 6. The van der Waals surface area contributed by atoms with E-state index in [4.69, 9.17) is 4.74 Å². The third kappa shape index (κ3) is 4.44. The second-order valence-corrected chi connectivity index (χ2v) is 3.86. The van der Waals surface area contributed by atoms with Gasteiger partial charge in [-0.2, -0.15) is 13.2 Å². The van der Waals surface area contributed by atoms with Gasteiger partial charge in [-0.15, -0.1) is 0 Å². The van der Waals surface area contributed by atoms with Crippen molar-refractivity contribution in [1.29, 1.82) is 0 Å². The number of hydrogen-bond acceptors (Lipinski definition) is 5. The number of aryl methyl sites for hydroxylation is 1. The third-order valence-electron chi connectivity index (χ3n) is 2.35. The maximum absolute atomic E-state index is 12.9. The monoisotopic (exact) mass is 292 g/mol. The van der Waals surface area contributed by atoms with E-state index in [1.54, 1.807) is 0 Å². The number of nitrogens with zero attached hydrogens (tertiary/aromatic N) is 2. The van der Waals surface area contributed by atoms with Crippen molar-refractivity contribution in [3.05, 3.63) is 23.3 Å². The van der Waals surface area contributed by atoms with Crippen LogP contribution in [0.2, 0.25) is 0 Å². The van der Waals surface area contributed by atoms with Crippen LogP contribution in [-0.2, 0) is 22.1 Å². The number of aromatic nitrogens is 2. The summed E-state index contributed by atoms with van der Waals surface area (Å²) in [6, 6.07) is 0. The minimum Gasteiger partial charge on any atom is -0.462 e. The van der Waals surface area contributed by atoms with Gasteiger partial charge in [0.2, 0.25) is 0 Å². The molecule has 0 atom stereocenters. The fourth-order valence-electron chi connectivity index (χ4n) is 1.49. The molecule has 0 fully saturated rings. The Morgan fingerprint density at radius 3 is 2.65 bits per heavy atom. The van der Waals surface area contributed by atoms with E-state index < -0.39 is 23.4 Å². The molecule has 0 saturated carbocycles. The highest BCUT2D eigenvalue weighted by molar-refractivity contribution is 5.90. The van der Waals surface area contributed by atoms with Crippen molar-refractivity contribution in [2.75, 3.05) is 20.3 Å². The largest absolute Gasteiger partial charge is 0.462 e. The number of hydrogen-bond donors (Lipinski definition) is 0. The molecule has 1 rings (SSSR count). The average molecular weight is 292 g/mol. The Hall–Kier alpha value is -1.70. The van der Waals surface area contributed by atoms with Crippen LogP contribution in [-0.4, -0.2) is 36.3 Å². The quantitative estimate of drug-likeness (QED) is 0.594. The van der Waals surface area contributed by atoms with Crippen LogP contribution >= 0.6 is 0 Å². The molecular weight excluding hydrogens is 277 g/mol. The first-order chi connectivity index (χ1) is 9.40. The molecule has 0 aliphatic rings. The first kappa shape index (κ1) is 16.4. The van der Waals surface area contributed by atoms with Gasteiger partial charge in [0.25, 0.3) is 0 Å². The molecule has 112 valence electrons. The maximum Gasteiger partial charge on any atom is 0.434 e. The zero-order valence-electron chi connectivity index (χ0n) is 11.2. The zero-order chi connectivity index (χ0) is 15.2. The van der Waals surface area contributed by atoms with E-state index in [0.29, 0.717) is 13.0 Å². The summed E-state index contributed by atoms with van der Waals surface area (Å²) in [6.07, 6.45) is -3.15. The van der Waals surface area contributed by atoms with E-state index in [9.17, 15) is 18.0 Å². The Morgan fingerprint density at radius 2 is 2.10 bits per heavy atom. The Bertz CT molecular complexity index is 464. The first-order valence-corrected chi connectivity index (χ1v) is 5.99. The van der Waals surface area contributed by atoms with Crippen molar-refractivity contribution in [3.63, 3.8) is 0 Å². The number of methoxy groups -OCH3 is 1. The summed E-state index contributed by atoms with van der Waals surface area (Å²) >= 11 is 0. The lowest BCUT2D eigenvalue weighted by Gasteiger charge is -2.12. The summed E-state index contributed by atoms with van der Waals surface area (Å²) in [5, 5.41) is 0. The predicted octanol–water partition coefficient (Wildman–Crippen LogP) is 2.25. The normalized spacial score (nSPS) is 11.4. The number of ether oxygens (including phenoxy) is 2. The molecule has 1 heterocycles. The second kappa shape index (κ2) is 7.18. The molecule has 0 aliphatic carbocycles. The highest BCUT2D eigenvalue weighted by Crippen LogP contribution is 2.30. The number of esters is 1. The molecule has 1 aromatic heterocycles. The molecule has 1 aromatic rings. The highest BCUT2D eigenvalue weighted by atomic mass is 19.4. The summed E-state index contributed by atoms with van der Waals surface area (Å²) in [5.41, 5.74) is -1.94. The summed E-state index contributed by atoms with van der Waals surface area (Å²) in [5.74, 6) is -1.06. The van der Waals surface area contributed by atoms with Gasteiger partial charge in [0.1, 0.15) is 11.4 Å². The Morgan fingerprint density at radius 1 is 1.40 bits per heavy atom. The van der Waals surface area contributed by atoms with E-state index in [2.05, 4.69) is 14.7 Å². The SMILES string of the molecule is CCOC(=O)c1cnc(CCCOC)nc1C(F)(F)F. The molecule has 20 heavy (non-hydrogen) atoms. The van der Waals surface area contributed by atoms with Gasteiger partial charge in [-0.1, -0.05) is 0 Å². The number of halogens is 3. The van der Waals surface area contributed by atoms with Crippen LogP contribution in [0, 0.1) is 0 Å². The fourth-order valence-corrected chi connectivity index (χ4v) is 1.49. The molecule has 0 aromatic carbocycles. The minimum atomic E-state index is -4.74. The van der Waals surface area contributed by atoms with Gasteiger partial charge in [0.05, 0.1) is 6.61 Å². The first-order valence-electron chi connectivity index (χ1n) is 5.99. The van der Waals surface area contributed by atoms with E-state index in [-0.39, 0.29) is 18.9 Å². The van der Waals surface area contributed by atoms with Crippen molar-refractivity contribution >= 4 is 5.97 Å². The van der Waals surface area contributed by atoms with Crippen molar-refractivity contribution < 1.29 is 27.4 Å². The topological polar surface area (TPSA) is 61.3 Å².